The molecule has 4 rings (SSSR count). The average Bonchev–Trinajstić information content (AvgIpc) is 3.23. The van der Waals surface area contributed by atoms with Crippen LogP contribution in [0.5, 0.6) is 17.2 Å². The lowest BCUT2D eigenvalue weighted by molar-refractivity contribution is -0.275. The molecule has 228 valence electrons. The van der Waals surface area contributed by atoms with Gasteiger partial charge in [0.05, 0.1) is 26.4 Å². The Morgan fingerprint density at radius 3 is 2.17 bits per heavy atom. The molecule has 0 radical (unpaired) electrons. The van der Waals surface area contributed by atoms with Crippen molar-refractivity contribution < 1.29 is 50.4 Å². The predicted octanol–water partition coefficient (Wildman–Crippen LogP) is 3.15. The molecule has 17 heteroatoms. The van der Waals surface area contributed by atoms with Crippen molar-refractivity contribution >= 4 is 11.5 Å². The van der Waals surface area contributed by atoms with Gasteiger partial charge in [0.15, 0.2) is 0 Å². The van der Waals surface area contributed by atoms with Crippen LogP contribution >= 0.6 is 0 Å². The molecule has 3 aromatic rings. The molecule has 1 aromatic heterocycles. The van der Waals surface area contributed by atoms with Crippen LogP contribution in [0.3, 0.4) is 0 Å². The zero-order valence-electron chi connectivity index (χ0n) is 21.7. The van der Waals surface area contributed by atoms with Gasteiger partial charge in [0.2, 0.25) is 0 Å². The minimum absolute atomic E-state index is 0.00656. The van der Waals surface area contributed by atoms with Crippen molar-refractivity contribution in [2.45, 2.75) is 32.2 Å². The zero-order valence-corrected chi connectivity index (χ0v) is 21.7. The Morgan fingerprint density at radius 1 is 0.905 bits per heavy atom. The van der Waals surface area contributed by atoms with Crippen LogP contribution in [0.1, 0.15) is 5.56 Å². The van der Waals surface area contributed by atoms with Gasteiger partial charge in [-0.3, -0.25) is 13.9 Å². The van der Waals surface area contributed by atoms with Gasteiger partial charge in [-0.15, -0.1) is 26.3 Å². The van der Waals surface area contributed by atoms with E-state index in [1.807, 2.05) is 0 Å². The fourth-order valence-corrected chi connectivity index (χ4v) is 4.17. The number of benzene rings is 2. The highest BCUT2D eigenvalue weighted by molar-refractivity contribution is 5.71. The van der Waals surface area contributed by atoms with Crippen molar-refractivity contribution in [2.24, 2.45) is 7.05 Å². The van der Waals surface area contributed by atoms with Gasteiger partial charge in [0, 0.05) is 19.7 Å². The third kappa shape index (κ3) is 7.47. The molecule has 2 aromatic carbocycles. The second kappa shape index (κ2) is 12.2. The van der Waals surface area contributed by atoms with Gasteiger partial charge in [-0.2, -0.15) is 0 Å². The Bertz CT molecular complexity index is 1520. The van der Waals surface area contributed by atoms with Crippen LogP contribution in [-0.4, -0.2) is 53.1 Å². The van der Waals surface area contributed by atoms with Crippen molar-refractivity contribution in [3.63, 3.8) is 0 Å². The first kappa shape index (κ1) is 30.6. The van der Waals surface area contributed by atoms with E-state index in [9.17, 15) is 35.9 Å². The van der Waals surface area contributed by atoms with E-state index < -0.39 is 41.8 Å². The number of hydrogen-bond donors (Lipinski definition) is 2. The van der Waals surface area contributed by atoms with Gasteiger partial charge < -0.3 is 34.3 Å². The number of aliphatic hydroxyl groups excluding tert-OH is 1. The summed E-state index contributed by atoms with van der Waals surface area (Å²) < 4.78 is 97.5. The number of ether oxygens (including phenoxy) is 4. The molecule has 1 aliphatic heterocycles. The molecule has 0 spiro atoms. The summed E-state index contributed by atoms with van der Waals surface area (Å²) in [5.41, 5.74) is -1.40. The standard InChI is InChI=1S/C25H24F6N4O7/c1-33-20-19(21(37)34(23(33)38)8-10-39-11-9-36)35(14-15-4-2-6-17(12-15)41-24(26,27)28)22(32-20)40-16-5-3-7-18(13-16)42-25(29,30)31/h2-7,12-13,22,32,36H,8-11,14H2,1H3. The van der Waals surface area contributed by atoms with Crippen LogP contribution in [0.15, 0.2) is 58.1 Å². The number of halogens is 6. The lowest BCUT2D eigenvalue weighted by Gasteiger charge is -2.27. The van der Waals surface area contributed by atoms with Crippen LogP contribution in [0.4, 0.5) is 37.8 Å². The molecule has 0 saturated carbocycles. The Morgan fingerprint density at radius 2 is 1.52 bits per heavy atom. The Balaban J connectivity index is 1.73. The second-order valence-corrected chi connectivity index (χ2v) is 8.79. The molecule has 0 bridgehead atoms. The molecule has 0 amide bonds. The molecular weight excluding hydrogens is 582 g/mol. The third-order valence-electron chi connectivity index (χ3n) is 5.82. The van der Waals surface area contributed by atoms with Crippen LogP contribution in [-0.2, 0) is 24.9 Å². The molecule has 2 N–H and O–H groups in total. The molecule has 2 heterocycles. The number of rotatable bonds is 11. The number of alkyl halides is 6. The fourth-order valence-electron chi connectivity index (χ4n) is 4.17. The van der Waals surface area contributed by atoms with Crippen LogP contribution in [0.25, 0.3) is 0 Å². The molecule has 1 unspecified atom stereocenters. The van der Waals surface area contributed by atoms with Gasteiger partial charge in [-0.1, -0.05) is 18.2 Å². The molecular formula is C25H24F6N4O7. The van der Waals surface area contributed by atoms with Crippen LogP contribution in [0.2, 0.25) is 0 Å². The second-order valence-electron chi connectivity index (χ2n) is 8.79. The number of aliphatic hydroxyl groups is 1. The summed E-state index contributed by atoms with van der Waals surface area (Å²) in [5.74, 6) is -1.24. The third-order valence-corrected chi connectivity index (χ3v) is 5.82. The Hall–Kier alpha value is -4.38. The zero-order chi connectivity index (χ0) is 30.7. The van der Waals surface area contributed by atoms with E-state index in [4.69, 9.17) is 14.6 Å². The summed E-state index contributed by atoms with van der Waals surface area (Å²) >= 11 is 0. The first-order valence-electron chi connectivity index (χ1n) is 12.2. The van der Waals surface area contributed by atoms with Gasteiger partial charge >= 0.3 is 18.4 Å². The minimum atomic E-state index is -4.97. The van der Waals surface area contributed by atoms with Crippen molar-refractivity contribution in [1.29, 1.82) is 0 Å². The molecule has 0 fully saturated rings. The monoisotopic (exact) mass is 606 g/mol. The van der Waals surface area contributed by atoms with Crippen LogP contribution < -0.4 is 35.7 Å². The molecule has 11 nitrogen and oxygen atoms in total. The number of fused-ring (bicyclic) bond motifs is 1. The van der Waals surface area contributed by atoms with E-state index in [0.717, 1.165) is 33.4 Å². The Labute approximate surface area is 233 Å². The maximum atomic E-state index is 13.6. The van der Waals surface area contributed by atoms with Gasteiger partial charge in [-0.25, -0.2) is 4.79 Å². The highest BCUT2D eigenvalue weighted by atomic mass is 19.4. The summed E-state index contributed by atoms with van der Waals surface area (Å²) in [6.45, 7) is -0.849. The van der Waals surface area contributed by atoms with Gasteiger partial charge in [0.1, 0.15) is 28.8 Å². The number of nitrogens with one attached hydrogen (secondary N) is 1. The Kier molecular flexibility index (Phi) is 8.91. The highest BCUT2D eigenvalue weighted by Crippen LogP contribution is 2.34. The van der Waals surface area contributed by atoms with Gasteiger partial charge in [-0.05, 0) is 29.8 Å². The summed E-state index contributed by atoms with van der Waals surface area (Å²) in [5, 5.41) is 11.7. The number of anilines is 2. The number of hydrogen-bond acceptors (Lipinski definition) is 9. The number of nitrogens with zero attached hydrogens (tertiary/aromatic N) is 3. The normalized spacial score (nSPS) is 14.9. The van der Waals surface area contributed by atoms with E-state index in [1.165, 1.54) is 36.2 Å². The highest BCUT2D eigenvalue weighted by Gasteiger charge is 2.37. The van der Waals surface area contributed by atoms with E-state index in [2.05, 4.69) is 14.8 Å². The van der Waals surface area contributed by atoms with Crippen LogP contribution in [0, 0.1) is 0 Å². The molecule has 0 aliphatic carbocycles. The van der Waals surface area contributed by atoms with Crippen molar-refractivity contribution in [3.8, 4) is 17.2 Å². The molecule has 1 atom stereocenters. The van der Waals surface area contributed by atoms with E-state index in [1.54, 1.807) is 0 Å². The quantitative estimate of drug-likeness (QED) is 0.251. The SMILES string of the molecule is Cn1c2c(c(=O)n(CCOCCO)c1=O)N(Cc1cccc(OC(F)(F)F)c1)C(Oc1cccc(OC(F)(F)F)c1)N2. The maximum absolute atomic E-state index is 13.6. The average molecular weight is 606 g/mol. The lowest BCUT2D eigenvalue weighted by Crippen LogP contribution is -2.44. The summed E-state index contributed by atoms with van der Waals surface area (Å²) in [6.07, 6.45) is -11.2. The summed E-state index contributed by atoms with van der Waals surface area (Å²) in [7, 11) is 1.36. The van der Waals surface area contributed by atoms with Gasteiger partial charge in [0.25, 0.3) is 11.9 Å². The summed E-state index contributed by atoms with van der Waals surface area (Å²) in [4.78, 5) is 27.8. The smallest absolute Gasteiger partial charge is 0.452 e. The van der Waals surface area contributed by atoms with Crippen molar-refractivity contribution in [3.05, 3.63) is 74.9 Å². The minimum Gasteiger partial charge on any atom is -0.452 e. The topological polar surface area (TPSA) is 116 Å². The fraction of sp³-hybridized carbons (Fsp3) is 0.360. The van der Waals surface area contributed by atoms with Crippen molar-refractivity contribution in [1.82, 2.24) is 9.13 Å². The first-order valence-corrected chi connectivity index (χ1v) is 12.2. The van der Waals surface area contributed by atoms with Crippen molar-refractivity contribution in [2.75, 3.05) is 30.0 Å². The largest absolute Gasteiger partial charge is 0.573 e. The summed E-state index contributed by atoms with van der Waals surface area (Å²) in [6, 6.07) is 9.47. The van der Waals surface area contributed by atoms with E-state index in [0.29, 0.717) is 0 Å². The van der Waals surface area contributed by atoms with E-state index >= 15 is 0 Å². The molecule has 0 saturated heterocycles. The first-order chi connectivity index (χ1) is 19.8. The number of aromatic nitrogens is 2. The predicted molar refractivity (Wildman–Crippen MR) is 134 cm³/mol. The lowest BCUT2D eigenvalue weighted by atomic mass is 10.2. The molecule has 1 aliphatic rings. The molecule has 42 heavy (non-hydrogen) atoms. The van der Waals surface area contributed by atoms with E-state index in [-0.39, 0.29) is 55.7 Å². The maximum Gasteiger partial charge on any atom is 0.573 e.